The molecule has 120 valence electrons. The topological polar surface area (TPSA) is 69.4 Å². The summed E-state index contributed by atoms with van der Waals surface area (Å²) in [5.41, 5.74) is -1.07. The maximum absolute atomic E-state index is 12.5. The third kappa shape index (κ3) is 3.85. The summed E-state index contributed by atoms with van der Waals surface area (Å²) in [5.74, 6) is -0.554. The minimum absolute atomic E-state index is 0.0122. The van der Waals surface area contributed by atoms with Crippen LogP contribution in [0.3, 0.4) is 0 Å². The molecule has 0 aliphatic rings. The number of nitrogens with zero attached hydrogens (tertiary/aromatic N) is 1. The van der Waals surface area contributed by atoms with Gasteiger partial charge in [-0.15, -0.1) is 0 Å². The van der Waals surface area contributed by atoms with Crippen molar-refractivity contribution < 1.29 is 27.6 Å². The van der Waals surface area contributed by atoms with Crippen molar-refractivity contribution in [3.63, 3.8) is 0 Å². The molecular weight excluding hydrogens is 315 g/mol. The highest BCUT2D eigenvalue weighted by Gasteiger charge is 2.30. The Kier molecular flexibility index (Phi) is 4.35. The predicted octanol–water partition coefficient (Wildman–Crippen LogP) is 4.61. The first-order valence-corrected chi connectivity index (χ1v) is 6.33. The summed E-state index contributed by atoms with van der Waals surface area (Å²) in [6, 6.07) is 7.26. The number of ketones is 1. The van der Waals surface area contributed by atoms with Crippen LogP contribution in [0.2, 0.25) is 0 Å². The second-order valence-electron chi connectivity index (χ2n) is 4.62. The Bertz CT molecular complexity index is 754. The summed E-state index contributed by atoms with van der Waals surface area (Å²) < 4.78 is 42.7. The Balaban J connectivity index is 2.36. The van der Waals surface area contributed by atoms with Crippen LogP contribution in [0.25, 0.3) is 0 Å². The van der Waals surface area contributed by atoms with E-state index in [1.165, 1.54) is 19.1 Å². The quantitative estimate of drug-likeness (QED) is 0.468. The van der Waals surface area contributed by atoms with Crippen LogP contribution in [0.15, 0.2) is 42.5 Å². The molecule has 23 heavy (non-hydrogen) atoms. The number of nitro groups is 1. The van der Waals surface area contributed by atoms with E-state index < -0.39 is 22.4 Å². The number of ether oxygens (including phenoxy) is 1. The van der Waals surface area contributed by atoms with E-state index in [1.807, 2.05) is 0 Å². The van der Waals surface area contributed by atoms with E-state index in [-0.39, 0.29) is 22.8 Å². The van der Waals surface area contributed by atoms with Crippen LogP contribution < -0.4 is 4.74 Å². The van der Waals surface area contributed by atoms with Gasteiger partial charge in [0.2, 0.25) is 5.75 Å². The number of alkyl halides is 3. The summed E-state index contributed by atoms with van der Waals surface area (Å²) in [4.78, 5) is 21.6. The SMILES string of the molecule is CC(=O)c1ccc([N+](=O)[O-])c(Oc2ccc(C(F)(F)F)cc2)c1. The fourth-order valence-corrected chi connectivity index (χ4v) is 1.80. The van der Waals surface area contributed by atoms with Crippen LogP contribution in [0, 0.1) is 10.1 Å². The molecule has 0 heterocycles. The number of rotatable bonds is 4. The second kappa shape index (κ2) is 6.07. The molecule has 0 radical (unpaired) electrons. The number of benzene rings is 2. The van der Waals surface area contributed by atoms with Gasteiger partial charge in [0.25, 0.3) is 0 Å². The third-order valence-electron chi connectivity index (χ3n) is 2.97. The van der Waals surface area contributed by atoms with Crippen molar-refractivity contribution in [2.24, 2.45) is 0 Å². The summed E-state index contributed by atoms with van der Waals surface area (Å²) in [7, 11) is 0. The number of hydrogen-bond donors (Lipinski definition) is 0. The average Bonchev–Trinajstić information content (AvgIpc) is 2.46. The van der Waals surface area contributed by atoms with Gasteiger partial charge in [0, 0.05) is 11.6 Å². The molecule has 0 saturated carbocycles. The lowest BCUT2D eigenvalue weighted by Gasteiger charge is -2.10. The molecule has 0 fully saturated rings. The fourth-order valence-electron chi connectivity index (χ4n) is 1.80. The molecular formula is C15H10F3NO4. The number of carbonyl (C=O) groups excluding carboxylic acids is 1. The van der Waals surface area contributed by atoms with Gasteiger partial charge >= 0.3 is 11.9 Å². The molecule has 0 saturated heterocycles. The van der Waals surface area contributed by atoms with Crippen LogP contribution in [0.1, 0.15) is 22.8 Å². The average molecular weight is 325 g/mol. The lowest BCUT2D eigenvalue weighted by molar-refractivity contribution is -0.385. The lowest BCUT2D eigenvalue weighted by Crippen LogP contribution is -2.04. The predicted molar refractivity (Wildman–Crippen MR) is 74.6 cm³/mol. The molecule has 0 N–H and O–H groups in total. The number of Topliss-reactive ketones (excluding diaryl/α,β-unsaturated/α-hetero) is 1. The molecule has 2 aromatic rings. The number of nitro benzene ring substituents is 1. The Morgan fingerprint density at radius 1 is 1.13 bits per heavy atom. The first kappa shape index (κ1) is 16.5. The van der Waals surface area contributed by atoms with Crippen molar-refractivity contribution in [3.8, 4) is 11.5 Å². The molecule has 2 aromatic carbocycles. The van der Waals surface area contributed by atoms with Gasteiger partial charge in [0.15, 0.2) is 5.78 Å². The first-order chi connectivity index (χ1) is 10.7. The molecule has 0 aromatic heterocycles. The number of carbonyl (C=O) groups is 1. The summed E-state index contributed by atoms with van der Waals surface area (Å²) >= 11 is 0. The second-order valence-corrected chi connectivity index (χ2v) is 4.62. The largest absolute Gasteiger partial charge is 0.450 e. The minimum atomic E-state index is -4.49. The molecule has 0 bridgehead atoms. The summed E-state index contributed by atoms with van der Waals surface area (Å²) in [6.45, 7) is 1.28. The summed E-state index contributed by atoms with van der Waals surface area (Å²) in [6.07, 6.45) is -4.49. The lowest BCUT2D eigenvalue weighted by atomic mass is 10.1. The standard InChI is InChI=1S/C15H10F3NO4/c1-9(20)10-2-7-13(19(21)22)14(8-10)23-12-5-3-11(4-6-12)15(16,17)18/h2-8H,1H3. The summed E-state index contributed by atoms with van der Waals surface area (Å²) in [5, 5.41) is 11.0. The molecule has 0 aliphatic carbocycles. The highest BCUT2D eigenvalue weighted by Crippen LogP contribution is 2.34. The maximum atomic E-state index is 12.5. The molecule has 5 nitrogen and oxygen atoms in total. The van der Waals surface area contributed by atoms with Gasteiger partial charge < -0.3 is 4.74 Å². The normalized spacial score (nSPS) is 11.1. The zero-order valence-electron chi connectivity index (χ0n) is 11.8. The van der Waals surface area contributed by atoms with Gasteiger partial charge in [0.05, 0.1) is 10.5 Å². The van der Waals surface area contributed by atoms with Gasteiger partial charge in [-0.05, 0) is 43.3 Å². The van der Waals surface area contributed by atoms with Crippen LogP contribution in [-0.2, 0) is 6.18 Å². The number of hydrogen-bond acceptors (Lipinski definition) is 4. The highest BCUT2D eigenvalue weighted by molar-refractivity contribution is 5.94. The fraction of sp³-hybridized carbons (Fsp3) is 0.133. The Morgan fingerprint density at radius 2 is 1.74 bits per heavy atom. The van der Waals surface area contributed by atoms with Crippen molar-refractivity contribution in [2.75, 3.05) is 0 Å². The van der Waals surface area contributed by atoms with Crippen molar-refractivity contribution in [1.82, 2.24) is 0 Å². The minimum Gasteiger partial charge on any atom is -0.450 e. The Morgan fingerprint density at radius 3 is 2.22 bits per heavy atom. The molecule has 0 atom stereocenters. The maximum Gasteiger partial charge on any atom is 0.416 e. The van der Waals surface area contributed by atoms with E-state index in [0.29, 0.717) is 0 Å². The van der Waals surface area contributed by atoms with Crippen LogP contribution >= 0.6 is 0 Å². The van der Waals surface area contributed by atoms with Crippen LogP contribution in [0.5, 0.6) is 11.5 Å². The van der Waals surface area contributed by atoms with Gasteiger partial charge in [-0.3, -0.25) is 14.9 Å². The van der Waals surface area contributed by atoms with E-state index in [2.05, 4.69) is 0 Å². The van der Waals surface area contributed by atoms with Crippen LogP contribution in [-0.4, -0.2) is 10.7 Å². The third-order valence-corrected chi connectivity index (χ3v) is 2.97. The smallest absolute Gasteiger partial charge is 0.416 e. The van der Waals surface area contributed by atoms with Crippen molar-refractivity contribution in [3.05, 3.63) is 63.7 Å². The molecule has 2 rings (SSSR count). The van der Waals surface area contributed by atoms with E-state index in [4.69, 9.17) is 4.74 Å². The number of halogens is 3. The van der Waals surface area contributed by atoms with E-state index in [0.717, 1.165) is 30.3 Å². The van der Waals surface area contributed by atoms with E-state index >= 15 is 0 Å². The molecule has 0 spiro atoms. The van der Waals surface area contributed by atoms with Gasteiger partial charge in [0.1, 0.15) is 5.75 Å². The highest BCUT2D eigenvalue weighted by atomic mass is 19.4. The zero-order valence-corrected chi connectivity index (χ0v) is 11.8. The molecule has 8 heteroatoms. The van der Waals surface area contributed by atoms with Crippen LogP contribution in [0.4, 0.5) is 18.9 Å². The van der Waals surface area contributed by atoms with Crippen molar-refractivity contribution in [1.29, 1.82) is 0 Å². The first-order valence-electron chi connectivity index (χ1n) is 6.33. The van der Waals surface area contributed by atoms with E-state index in [1.54, 1.807) is 0 Å². The molecule has 0 amide bonds. The Hall–Kier alpha value is -2.90. The van der Waals surface area contributed by atoms with Gasteiger partial charge in [-0.25, -0.2) is 0 Å². The van der Waals surface area contributed by atoms with Crippen molar-refractivity contribution in [2.45, 2.75) is 13.1 Å². The van der Waals surface area contributed by atoms with E-state index in [9.17, 15) is 28.1 Å². The molecule has 0 unspecified atom stereocenters. The van der Waals surface area contributed by atoms with Gasteiger partial charge in [-0.1, -0.05) is 0 Å². The van der Waals surface area contributed by atoms with Gasteiger partial charge in [-0.2, -0.15) is 13.2 Å². The molecule has 0 aliphatic heterocycles. The zero-order chi connectivity index (χ0) is 17.2. The van der Waals surface area contributed by atoms with Crippen molar-refractivity contribution >= 4 is 11.5 Å². The monoisotopic (exact) mass is 325 g/mol. The Labute approximate surface area is 128 Å².